The van der Waals surface area contributed by atoms with Crippen LogP contribution in [0.3, 0.4) is 0 Å². The summed E-state index contributed by atoms with van der Waals surface area (Å²) < 4.78 is 0. The second-order valence-corrected chi connectivity index (χ2v) is 5.63. The quantitative estimate of drug-likeness (QED) is 0.764. The Hall–Kier alpha value is -1.10. The molecule has 3 atom stereocenters. The Morgan fingerprint density at radius 3 is 2.72 bits per heavy atom. The van der Waals surface area contributed by atoms with Crippen LogP contribution >= 0.6 is 0 Å². The number of rotatable bonds is 2. The second kappa shape index (κ2) is 5.26. The van der Waals surface area contributed by atoms with Gasteiger partial charge in [0.15, 0.2) is 0 Å². The molecule has 0 aromatic heterocycles. The van der Waals surface area contributed by atoms with E-state index in [4.69, 9.17) is 5.73 Å². The van der Waals surface area contributed by atoms with Crippen molar-refractivity contribution in [2.24, 2.45) is 11.7 Å². The average molecular weight is 253 g/mol. The van der Waals surface area contributed by atoms with E-state index < -0.39 is 0 Å². The van der Waals surface area contributed by atoms with Crippen molar-refractivity contribution in [1.82, 2.24) is 9.80 Å². The number of carbonyl (C=O) groups is 2. The van der Waals surface area contributed by atoms with E-state index >= 15 is 0 Å². The van der Waals surface area contributed by atoms with Gasteiger partial charge < -0.3 is 15.5 Å². The van der Waals surface area contributed by atoms with Gasteiger partial charge in [0.05, 0.1) is 5.92 Å². The van der Waals surface area contributed by atoms with E-state index in [1.807, 2.05) is 11.8 Å². The van der Waals surface area contributed by atoms with Crippen molar-refractivity contribution >= 4 is 11.8 Å². The van der Waals surface area contributed by atoms with E-state index in [1.54, 1.807) is 11.9 Å². The van der Waals surface area contributed by atoms with Crippen LogP contribution in [0.15, 0.2) is 0 Å². The Morgan fingerprint density at radius 1 is 1.44 bits per heavy atom. The van der Waals surface area contributed by atoms with Crippen LogP contribution in [0.1, 0.15) is 32.6 Å². The molecule has 2 fully saturated rings. The lowest BCUT2D eigenvalue weighted by Crippen LogP contribution is -2.53. The first-order chi connectivity index (χ1) is 8.50. The number of likely N-dealkylation sites (tertiary alicyclic amines) is 2. The summed E-state index contributed by atoms with van der Waals surface area (Å²) in [6.07, 6.45) is 3.53. The molecule has 2 heterocycles. The van der Waals surface area contributed by atoms with Gasteiger partial charge in [-0.05, 0) is 26.2 Å². The minimum atomic E-state index is -0.165. The normalized spacial score (nSPS) is 30.7. The lowest BCUT2D eigenvalue weighted by molar-refractivity contribution is -0.139. The SMILES string of the molecule is CC(N)C1CCCCN1C(=O)C1CC(=O)N(C)C1. The second-order valence-electron chi connectivity index (χ2n) is 5.63. The van der Waals surface area contributed by atoms with Crippen LogP contribution in [0.5, 0.6) is 0 Å². The zero-order valence-electron chi connectivity index (χ0n) is 11.3. The number of nitrogens with zero attached hydrogens (tertiary/aromatic N) is 2. The number of piperidine rings is 1. The lowest BCUT2D eigenvalue weighted by atomic mass is 9.94. The van der Waals surface area contributed by atoms with Gasteiger partial charge >= 0.3 is 0 Å². The van der Waals surface area contributed by atoms with Gasteiger partial charge in [0.2, 0.25) is 11.8 Å². The zero-order chi connectivity index (χ0) is 13.3. The molecule has 0 saturated carbocycles. The molecule has 0 aromatic carbocycles. The summed E-state index contributed by atoms with van der Waals surface area (Å²) in [5.41, 5.74) is 5.98. The predicted molar refractivity (Wildman–Crippen MR) is 68.7 cm³/mol. The molecule has 0 aromatic rings. The Labute approximate surface area is 108 Å². The van der Waals surface area contributed by atoms with Crippen molar-refractivity contribution in [3.05, 3.63) is 0 Å². The molecule has 2 aliphatic rings. The maximum Gasteiger partial charge on any atom is 0.228 e. The lowest BCUT2D eigenvalue weighted by Gasteiger charge is -2.39. The fourth-order valence-electron chi connectivity index (χ4n) is 3.04. The van der Waals surface area contributed by atoms with Crippen molar-refractivity contribution in [1.29, 1.82) is 0 Å². The van der Waals surface area contributed by atoms with Crippen molar-refractivity contribution in [3.63, 3.8) is 0 Å². The molecule has 0 radical (unpaired) electrons. The van der Waals surface area contributed by atoms with E-state index in [2.05, 4.69) is 0 Å². The molecule has 18 heavy (non-hydrogen) atoms. The number of carbonyl (C=O) groups excluding carboxylic acids is 2. The fourth-order valence-corrected chi connectivity index (χ4v) is 3.04. The summed E-state index contributed by atoms with van der Waals surface area (Å²) in [6.45, 7) is 3.31. The van der Waals surface area contributed by atoms with Gasteiger partial charge in [0, 0.05) is 38.6 Å². The van der Waals surface area contributed by atoms with Crippen LogP contribution in [0.2, 0.25) is 0 Å². The third kappa shape index (κ3) is 2.51. The maximum atomic E-state index is 12.5. The van der Waals surface area contributed by atoms with E-state index in [0.717, 1.165) is 25.8 Å². The smallest absolute Gasteiger partial charge is 0.228 e. The van der Waals surface area contributed by atoms with Crippen LogP contribution < -0.4 is 5.73 Å². The number of nitrogens with two attached hydrogens (primary N) is 1. The molecule has 0 aliphatic carbocycles. The Kier molecular flexibility index (Phi) is 3.90. The van der Waals surface area contributed by atoms with Crippen molar-refractivity contribution in [2.75, 3.05) is 20.1 Å². The highest BCUT2D eigenvalue weighted by molar-refractivity contribution is 5.89. The number of hydrogen-bond donors (Lipinski definition) is 1. The van der Waals surface area contributed by atoms with E-state index in [0.29, 0.717) is 13.0 Å². The Bertz CT molecular complexity index is 343. The summed E-state index contributed by atoms with van der Waals surface area (Å²) in [5.74, 6) is 0.0271. The van der Waals surface area contributed by atoms with Gasteiger partial charge in [-0.2, -0.15) is 0 Å². The third-order valence-electron chi connectivity index (χ3n) is 4.13. The van der Waals surface area contributed by atoms with Gasteiger partial charge in [-0.1, -0.05) is 0 Å². The summed E-state index contributed by atoms with van der Waals surface area (Å²) in [5, 5.41) is 0. The van der Waals surface area contributed by atoms with Crippen molar-refractivity contribution < 1.29 is 9.59 Å². The monoisotopic (exact) mass is 253 g/mol. The molecule has 5 nitrogen and oxygen atoms in total. The molecular weight excluding hydrogens is 230 g/mol. The van der Waals surface area contributed by atoms with Gasteiger partial charge in [-0.25, -0.2) is 0 Å². The van der Waals surface area contributed by atoms with Gasteiger partial charge in [-0.15, -0.1) is 0 Å². The van der Waals surface area contributed by atoms with Crippen molar-refractivity contribution in [2.45, 2.75) is 44.7 Å². The molecule has 2 saturated heterocycles. The highest BCUT2D eigenvalue weighted by atomic mass is 16.2. The van der Waals surface area contributed by atoms with E-state index in [9.17, 15) is 9.59 Å². The highest BCUT2D eigenvalue weighted by Crippen LogP contribution is 2.25. The van der Waals surface area contributed by atoms with Crippen LogP contribution in [0.4, 0.5) is 0 Å². The van der Waals surface area contributed by atoms with Gasteiger partial charge in [-0.3, -0.25) is 9.59 Å². The van der Waals surface area contributed by atoms with Crippen LogP contribution in [0, 0.1) is 5.92 Å². The molecule has 102 valence electrons. The average Bonchev–Trinajstić information content (AvgIpc) is 2.68. The summed E-state index contributed by atoms with van der Waals surface area (Å²) in [6, 6.07) is 0.149. The van der Waals surface area contributed by atoms with Crippen molar-refractivity contribution in [3.8, 4) is 0 Å². The molecule has 5 heteroatoms. The van der Waals surface area contributed by atoms with Gasteiger partial charge in [0.1, 0.15) is 0 Å². The first-order valence-corrected chi connectivity index (χ1v) is 6.80. The highest BCUT2D eigenvalue weighted by Gasteiger charge is 2.38. The number of hydrogen-bond acceptors (Lipinski definition) is 3. The van der Waals surface area contributed by atoms with E-state index in [1.165, 1.54) is 0 Å². The predicted octanol–water partition coefficient (Wildman–Crippen LogP) is 0.193. The fraction of sp³-hybridized carbons (Fsp3) is 0.846. The third-order valence-corrected chi connectivity index (χ3v) is 4.13. The Morgan fingerprint density at radius 2 is 2.17 bits per heavy atom. The minimum absolute atomic E-state index is 0.00378. The molecule has 0 spiro atoms. The molecule has 2 aliphatic heterocycles. The molecule has 2 amide bonds. The van der Waals surface area contributed by atoms with Crippen LogP contribution in [0.25, 0.3) is 0 Å². The molecule has 3 unspecified atom stereocenters. The maximum absolute atomic E-state index is 12.5. The first kappa shape index (κ1) is 13.3. The van der Waals surface area contributed by atoms with Crippen LogP contribution in [-0.2, 0) is 9.59 Å². The largest absolute Gasteiger partial charge is 0.345 e. The molecule has 0 bridgehead atoms. The topological polar surface area (TPSA) is 66.6 Å². The summed E-state index contributed by atoms with van der Waals surface area (Å²) in [7, 11) is 1.76. The van der Waals surface area contributed by atoms with Crippen LogP contribution in [-0.4, -0.2) is 53.8 Å². The Balaban J connectivity index is 2.05. The molecule has 2 N–H and O–H groups in total. The standard InChI is InChI=1S/C13H23N3O2/c1-9(14)11-5-3-4-6-16(11)13(18)10-7-12(17)15(2)8-10/h9-11H,3-8,14H2,1-2H3. The minimum Gasteiger partial charge on any atom is -0.345 e. The summed E-state index contributed by atoms with van der Waals surface area (Å²) >= 11 is 0. The number of amides is 2. The molecular formula is C13H23N3O2. The van der Waals surface area contributed by atoms with E-state index in [-0.39, 0.29) is 29.8 Å². The first-order valence-electron chi connectivity index (χ1n) is 6.80. The zero-order valence-corrected chi connectivity index (χ0v) is 11.3. The molecule has 2 rings (SSSR count). The summed E-state index contributed by atoms with van der Waals surface area (Å²) in [4.78, 5) is 27.6. The van der Waals surface area contributed by atoms with Gasteiger partial charge in [0.25, 0.3) is 0 Å².